The third kappa shape index (κ3) is 5.00. The van der Waals surface area contributed by atoms with Crippen LogP contribution in [0.2, 0.25) is 0 Å². The number of methoxy groups -OCH3 is 1. The average molecular weight is 351 g/mol. The maximum atomic E-state index is 10.7. The van der Waals surface area contributed by atoms with Crippen molar-refractivity contribution in [1.82, 2.24) is 5.06 Å². The average Bonchev–Trinajstić information content (AvgIpc) is 3.03. The van der Waals surface area contributed by atoms with Crippen molar-refractivity contribution >= 4 is 0 Å². The van der Waals surface area contributed by atoms with Crippen molar-refractivity contribution in [3.8, 4) is 0 Å². The second-order valence-corrected chi connectivity index (χ2v) is 6.87. The van der Waals surface area contributed by atoms with Crippen molar-refractivity contribution in [2.45, 2.75) is 56.6 Å². The van der Waals surface area contributed by atoms with Gasteiger partial charge in [0.2, 0.25) is 0 Å². The van der Waals surface area contributed by atoms with E-state index in [1.807, 2.05) is 30.3 Å². The molecule has 140 valence electrons. The van der Waals surface area contributed by atoms with E-state index in [2.05, 4.69) is 0 Å². The second-order valence-electron chi connectivity index (χ2n) is 6.87. The lowest BCUT2D eigenvalue weighted by molar-refractivity contribution is -0.222. The van der Waals surface area contributed by atoms with Gasteiger partial charge >= 0.3 is 0 Å². The summed E-state index contributed by atoms with van der Waals surface area (Å²) in [5.41, 5.74) is 1.04. The molecule has 1 saturated carbocycles. The predicted octanol–water partition coefficient (Wildman–Crippen LogP) is 2.94. The molecule has 0 aromatic heterocycles. The van der Waals surface area contributed by atoms with Crippen LogP contribution in [-0.4, -0.2) is 55.3 Å². The topological polar surface area (TPSA) is 60.4 Å². The fraction of sp³-hybridized carbons (Fsp3) is 0.684. The molecule has 1 N–H and O–H groups in total. The number of rotatable bonds is 8. The monoisotopic (exact) mass is 351 g/mol. The van der Waals surface area contributed by atoms with Crippen molar-refractivity contribution in [3.05, 3.63) is 35.9 Å². The molecule has 1 saturated heterocycles. The summed E-state index contributed by atoms with van der Waals surface area (Å²) in [6.07, 6.45) is 5.14. The number of hydrogen-bond acceptors (Lipinski definition) is 6. The molecule has 6 nitrogen and oxygen atoms in total. The molecule has 25 heavy (non-hydrogen) atoms. The van der Waals surface area contributed by atoms with Crippen LogP contribution in [0.5, 0.6) is 0 Å². The summed E-state index contributed by atoms with van der Waals surface area (Å²) in [6, 6.07) is 9.56. The van der Waals surface area contributed by atoms with Crippen LogP contribution in [0.4, 0.5) is 0 Å². The second kappa shape index (κ2) is 9.07. The van der Waals surface area contributed by atoms with Crippen molar-refractivity contribution in [3.63, 3.8) is 0 Å². The van der Waals surface area contributed by atoms with Crippen LogP contribution in [0.25, 0.3) is 0 Å². The SMILES string of the molecule is COCOC[C@H]([C@H]1COC2(CCCCC2)O1)N(O)Cc1ccccc1. The first-order valence-corrected chi connectivity index (χ1v) is 9.10. The molecule has 0 unspecified atom stereocenters. The molecule has 1 aliphatic heterocycles. The number of nitrogens with zero attached hydrogens (tertiary/aromatic N) is 1. The van der Waals surface area contributed by atoms with Gasteiger partial charge in [-0.15, -0.1) is 0 Å². The zero-order valence-electron chi connectivity index (χ0n) is 14.9. The number of ether oxygens (including phenoxy) is 4. The van der Waals surface area contributed by atoms with E-state index in [0.29, 0.717) is 19.8 Å². The van der Waals surface area contributed by atoms with E-state index >= 15 is 0 Å². The highest BCUT2D eigenvalue weighted by Gasteiger charge is 2.46. The highest BCUT2D eigenvalue weighted by molar-refractivity contribution is 5.14. The fourth-order valence-electron chi connectivity index (χ4n) is 3.65. The Hall–Kier alpha value is -1.02. The van der Waals surface area contributed by atoms with Crippen LogP contribution in [0, 0.1) is 0 Å². The number of hydroxylamine groups is 2. The van der Waals surface area contributed by atoms with Crippen LogP contribution >= 0.6 is 0 Å². The smallest absolute Gasteiger partial charge is 0.168 e. The lowest BCUT2D eigenvalue weighted by atomic mass is 9.94. The third-order valence-corrected chi connectivity index (χ3v) is 4.98. The minimum atomic E-state index is -0.462. The van der Waals surface area contributed by atoms with Crippen molar-refractivity contribution < 1.29 is 24.2 Å². The van der Waals surface area contributed by atoms with E-state index in [9.17, 15) is 5.21 Å². The predicted molar refractivity (Wildman–Crippen MR) is 92.0 cm³/mol. The maximum Gasteiger partial charge on any atom is 0.168 e. The van der Waals surface area contributed by atoms with Crippen molar-refractivity contribution in [1.29, 1.82) is 0 Å². The van der Waals surface area contributed by atoms with Crippen LogP contribution in [-0.2, 0) is 25.5 Å². The van der Waals surface area contributed by atoms with E-state index < -0.39 is 5.79 Å². The van der Waals surface area contributed by atoms with Gasteiger partial charge in [-0.2, -0.15) is 5.06 Å². The summed E-state index contributed by atoms with van der Waals surface area (Å²) in [4.78, 5) is 0. The Morgan fingerprint density at radius 1 is 1.24 bits per heavy atom. The van der Waals surface area contributed by atoms with Crippen molar-refractivity contribution in [2.75, 3.05) is 27.1 Å². The van der Waals surface area contributed by atoms with E-state index in [0.717, 1.165) is 31.2 Å². The molecule has 2 atom stereocenters. The summed E-state index contributed by atoms with van der Waals surface area (Å²) < 4.78 is 22.8. The highest BCUT2D eigenvalue weighted by Crippen LogP contribution is 2.39. The minimum absolute atomic E-state index is 0.189. The minimum Gasteiger partial charge on any atom is -0.359 e. The quantitative estimate of drug-likeness (QED) is 0.441. The molecule has 3 rings (SSSR count). The standard InChI is InChI=1S/C19H29NO5/c1-22-15-23-13-17(20(21)12-16-8-4-2-5-9-16)18-14-24-19(25-18)10-6-3-7-11-19/h2,4-5,8-9,17-18,21H,3,6-7,10-15H2,1H3/t17-,18-/m1/s1. The van der Waals surface area contributed by atoms with Gasteiger partial charge in [0.05, 0.1) is 19.3 Å². The van der Waals surface area contributed by atoms with Crippen LogP contribution in [0.15, 0.2) is 30.3 Å². The summed E-state index contributed by atoms with van der Waals surface area (Å²) >= 11 is 0. The molecule has 0 amide bonds. The van der Waals surface area contributed by atoms with Gasteiger partial charge in [0, 0.05) is 26.5 Å². The molecule has 1 spiro atoms. The maximum absolute atomic E-state index is 10.7. The van der Waals surface area contributed by atoms with Crippen LogP contribution in [0.3, 0.4) is 0 Å². The zero-order valence-corrected chi connectivity index (χ0v) is 14.9. The van der Waals surface area contributed by atoms with E-state index in [1.54, 1.807) is 7.11 Å². The Balaban J connectivity index is 1.64. The van der Waals surface area contributed by atoms with E-state index in [-0.39, 0.29) is 18.9 Å². The molecule has 1 aromatic carbocycles. The van der Waals surface area contributed by atoms with Gasteiger partial charge in [-0.05, 0) is 18.4 Å². The van der Waals surface area contributed by atoms with Gasteiger partial charge in [0.15, 0.2) is 5.79 Å². The molecule has 0 bridgehead atoms. The Bertz CT molecular complexity index is 506. The van der Waals surface area contributed by atoms with Gasteiger partial charge in [-0.1, -0.05) is 36.8 Å². The molecule has 1 aliphatic carbocycles. The number of hydrogen-bond donors (Lipinski definition) is 1. The lowest BCUT2D eigenvalue weighted by Gasteiger charge is -2.34. The molecular weight excluding hydrogens is 322 g/mol. The Kier molecular flexibility index (Phi) is 6.81. The molecule has 1 heterocycles. The van der Waals surface area contributed by atoms with E-state index in [1.165, 1.54) is 11.5 Å². The van der Waals surface area contributed by atoms with Gasteiger partial charge in [-0.25, -0.2) is 0 Å². The van der Waals surface area contributed by atoms with Gasteiger partial charge in [0.25, 0.3) is 0 Å². The first-order valence-electron chi connectivity index (χ1n) is 9.10. The third-order valence-electron chi connectivity index (χ3n) is 4.98. The summed E-state index contributed by atoms with van der Waals surface area (Å²) in [5.74, 6) is -0.462. The zero-order chi connectivity index (χ0) is 17.5. The Labute approximate surface area is 149 Å². The van der Waals surface area contributed by atoms with Crippen molar-refractivity contribution in [2.24, 2.45) is 0 Å². The van der Waals surface area contributed by atoms with Crippen LogP contribution < -0.4 is 0 Å². The van der Waals surface area contributed by atoms with Gasteiger partial charge < -0.3 is 24.2 Å². The molecule has 1 aromatic rings. The highest BCUT2D eigenvalue weighted by atomic mass is 16.7. The molecular formula is C19H29NO5. The number of benzene rings is 1. The summed E-state index contributed by atoms with van der Waals surface area (Å²) in [6.45, 7) is 1.40. The van der Waals surface area contributed by atoms with E-state index in [4.69, 9.17) is 18.9 Å². The first kappa shape index (κ1) is 18.8. The normalized spacial score (nSPS) is 24.0. The Morgan fingerprint density at radius 2 is 2.00 bits per heavy atom. The fourth-order valence-corrected chi connectivity index (χ4v) is 3.65. The lowest BCUT2D eigenvalue weighted by Crippen LogP contribution is -2.47. The molecule has 2 aliphatic rings. The summed E-state index contributed by atoms with van der Waals surface area (Å²) in [5, 5.41) is 12.0. The summed E-state index contributed by atoms with van der Waals surface area (Å²) in [7, 11) is 1.59. The van der Waals surface area contributed by atoms with Gasteiger partial charge in [0.1, 0.15) is 12.9 Å². The molecule has 6 heteroatoms. The first-order chi connectivity index (χ1) is 12.2. The Morgan fingerprint density at radius 3 is 2.72 bits per heavy atom. The van der Waals surface area contributed by atoms with Crippen LogP contribution in [0.1, 0.15) is 37.7 Å². The van der Waals surface area contributed by atoms with Gasteiger partial charge in [-0.3, -0.25) is 0 Å². The molecule has 2 fully saturated rings. The molecule has 0 radical (unpaired) electrons. The largest absolute Gasteiger partial charge is 0.359 e.